The van der Waals surface area contributed by atoms with Crippen molar-refractivity contribution in [1.29, 1.82) is 0 Å². The molecule has 0 bridgehead atoms. The Morgan fingerprint density at radius 1 is 1.38 bits per heavy atom. The molecule has 0 saturated carbocycles. The van der Waals surface area contributed by atoms with Crippen LogP contribution in [-0.2, 0) is 19.5 Å². The fraction of sp³-hybridized carbons (Fsp3) is 0.278. The fourth-order valence-corrected chi connectivity index (χ4v) is 4.10. The number of aryl methyl sites for hydroxylation is 1. The van der Waals surface area contributed by atoms with Crippen molar-refractivity contribution in [2.24, 2.45) is 0 Å². The Morgan fingerprint density at radius 3 is 3.08 bits per heavy atom. The molecule has 26 heavy (non-hydrogen) atoms. The molecule has 0 fully saturated rings. The lowest BCUT2D eigenvalue weighted by molar-refractivity contribution is 0.242. The highest BCUT2D eigenvalue weighted by molar-refractivity contribution is 7.07. The fourth-order valence-electron chi connectivity index (χ4n) is 3.44. The van der Waals surface area contributed by atoms with Gasteiger partial charge in [0.15, 0.2) is 5.65 Å². The van der Waals surface area contributed by atoms with Gasteiger partial charge in [0.25, 0.3) is 5.56 Å². The van der Waals surface area contributed by atoms with Crippen molar-refractivity contribution >= 4 is 17.0 Å². The molecule has 0 aliphatic carbocycles. The third-order valence-electron chi connectivity index (χ3n) is 4.73. The average molecular weight is 367 g/mol. The summed E-state index contributed by atoms with van der Waals surface area (Å²) in [6.07, 6.45) is 0.787. The minimum atomic E-state index is -0.0357. The summed E-state index contributed by atoms with van der Waals surface area (Å²) in [7, 11) is 0. The molecule has 0 amide bonds. The van der Waals surface area contributed by atoms with Crippen LogP contribution in [0.4, 0.5) is 0 Å². The summed E-state index contributed by atoms with van der Waals surface area (Å²) >= 11 is 1.70. The van der Waals surface area contributed by atoms with Crippen molar-refractivity contribution < 1.29 is 4.52 Å². The Hall–Kier alpha value is -2.71. The molecule has 0 saturated heterocycles. The summed E-state index contributed by atoms with van der Waals surface area (Å²) in [5, 5.41) is 11.3. The van der Waals surface area contributed by atoms with Crippen molar-refractivity contribution in [3.8, 4) is 11.4 Å². The van der Waals surface area contributed by atoms with E-state index in [4.69, 9.17) is 9.51 Å². The maximum atomic E-state index is 13.0. The molecule has 1 aliphatic rings. The van der Waals surface area contributed by atoms with E-state index < -0.39 is 0 Å². The molecule has 1 N–H and O–H groups in total. The first kappa shape index (κ1) is 15.5. The van der Waals surface area contributed by atoms with E-state index >= 15 is 0 Å². The van der Waals surface area contributed by atoms with Crippen LogP contribution in [0.15, 0.2) is 38.3 Å². The van der Waals surface area contributed by atoms with Gasteiger partial charge in [0, 0.05) is 38.2 Å². The maximum Gasteiger partial charge on any atom is 0.277 e. The van der Waals surface area contributed by atoms with E-state index in [9.17, 15) is 4.79 Å². The zero-order valence-corrected chi connectivity index (χ0v) is 15.0. The summed E-state index contributed by atoms with van der Waals surface area (Å²) in [5.41, 5.74) is 4.94. The van der Waals surface area contributed by atoms with Crippen LogP contribution in [-0.4, -0.2) is 31.2 Å². The summed E-state index contributed by atoms with van der Waals surface area (Å²) in [5.74, 6) is 0.724. The Labute approximate surface area is 152 Å². The minimum absolute atomic E-state index is 0.0357. The summed E-state index contributed by atoms with van der Waals surface area (Å²) in [4.78, 5) is 20.0. The first-order valence-corrected chi connectivity index (χ1v) is 9.42. The molecule has 132 valence electrons. The third-order valence-corrected chi connectivity index (χ3v) is 5.46. The molecular formula is C18H17N5O2S. The molecular weight excluding hydrogens is 350 g/mol. The number of nitrogens with one attached hydrogen (secondary N) is 1. The van der Waals surface area contributed by atoms with Crippen molar-refractivity contribution in [3.05, 3.63) is 61.9 Å². The monoisotopic (exact) mass is 367 g/mol. The number of rotatable bonds is 3. The largest absolute Gasteiger partial charge is 0.361 e. The number of hydrogen-bond acceptors (Lipinski definition) is 6. The predicted molar refractivity (Wildman–Crippen MR) is 98.2 cm³/mol. The van der Waals surface area contributed by atoms with Crippen LogP contribution < -0.4 is 5.56 Å². The molecule has 0 atom stereocenters. The highest BCUT2D eigenvalue weighted by Gasteiger charge is 2.23. The third kappa shape index (κ3) is 2.58. The van der Waals surface area contributed by atoms with Gasteiger partial charge in [-0.05, 0) is 29.3 Å². The number of aromatic nitrogens is 4. The molecule has 4 aromatic heterocycles. The van der Waals surface area contributed by atoms with Crippen LogP contribution in [0.25, 0.3) is 17.0 Å². The Morgan fingerprint density at radius 2 is 2.31 bits per heavy atom. The number of hydrogen-bond donors (Lipinski definition) is 1. The number of aromatic amines is 1. The number of thiophene rings is 1. The van der Waals surface area contributed by atoms with Crippen LogP contribution in [0.5, 0.6) is 0 Å². The van der Waals surface area contributed by atoms with E-state index in [1.54, 1.807) is 11.3 Å². The Balaban J connectivity index is 1.52. The molecule has 0 aromatic carbocycles. The molecule has 5 heterocycles. The van der Waals surface area contributed by atoms with E-state index in [0.29, 0.717) is 17.9 Å². The number of nitrogens with zero attached hydrogens (tertiary/aromatic N) is 4. The molecule has 4 aromatic rings. The second kappa shape index (κ2) is 5.93. The van der Waals surface area contributed by atoms with Crippen LogP contribution in [0.1, 0.15) is 22.6 Å². The smallest absolute Gasteiger partial charge is 0.277 e. The van der Waals surface area contributed by atoms with Crippen molar-refractivity contribution in [1.82, 2.24) is 24.7 Å². The van der Waals surface area contributed by atoms with Gasteiger partial charge in [0.1, 0.15) is 11.5 Å². The zero-order valence-electron chi connectivity index (χ0n) is 14.2. The van der Waals surface area contributed by atoms with E-state index in [1.165, 1.54) is 10.1 Å². The molecule has 5 rings (SSSR count). The zero-order chi connectivity index (χ0) is 17.7. The maximum absolute atomic E-state index is 13.0. The molecule has 0 unspecified atom stereocenters. The standard InChI is InChI=1S/C18H17N5O2S/c1-11-6-16(21-25-11)15-7-17-19-14-2-4-22(8-12-3-5-26-10-12)9-13(14)18(24)23(17)20-15/h3,5-7,10,20H,2,4,8-9H2,1H3. The van der Waals surface area contributed by atoms with Gasteiger partial charge in [-0.2, -0.15) is 11.3 Å². The van der Waals surface area contributed by atoms with Crippen molar-refractivity contribution in [3.63, 3.8) is 0 Å². The van der Waals surface area contributed by atoms with Gasteiger partial charge >= 0.3 is 0 Å². The highest BCUT2D eigenvalue weighted by Crippen LogP contribution is 2.21. The molecule has 7 nitrogen and oxygen atoms in total. The van der Waals surface area contributed by atoms with Gasteiger partial charge in [-0.3, -0.25) is 14.8 Å². The lowest BCUT2D eigenvalue weighted by Crippen LogP contribution is -2.36. The van der Waals surface area contributed by atoms with Gasteiger partial charge in [-0.15, -0.1) is 0 Å². The highest BCUT2D eigenvalue weighted by atomic mass is 32.1. The van der Waals surface area contributed by atoms with Crippen LogP contribution in [0, 0.1) is 6.92 Å². The summed E-state index contributed by atoms with van der Waals surface area (Å²) in [6.45, 7) is 4.23. The lowest BCUT2D eigenvalue weighted by atomic mass is 10.1. The van der Waals surface area contributed by atoms with Gasteiger partial charge < -0.3 is 4.52 Å². The average Bonchev–Trinajstić information content (AvgIpc) is 3.36. The first-order chi connectivity index (χ1) is 12.7. The lowest BCUT2D eigenvalue weighted by Gasteiger charge is -2.27. The quantitative estimate of drug-likeness (QED) is 0.602. The Kier molecular flexibility index (Phi) is 3.54. The number of H-pyrrole nitrogens is 1. The molecule has 0 spiro atoms. The van der Waals surface area contributed by atoms with Crippen LogP contribution in [0.2, 0.25) is 0 Å². The van der Waals surface area contributed by atoms with Gasteiger partial charge in [-0.25, -0.2) is 9.50 Å². The number of fused-ring (bicyclic) bond motifs is 2. The topological polar surface area (TPSA) is 79.4 Å². The van der Waals surface area contributed by atoms with Gasteiger partial charge in [0.2, 0.25) is 0 Å². The molecule has 0 radical (unpaired) electrons. The van der Waals surface area contributed by atoms with Crippen molar-refractivity contribution in [2.75, 3.05) is 6.54 Å². The summed E-state index contributed by atoms with van der Waals surface area (Å²) in [6, 6.07) is 5.81. The van der Waals surface area contributed by atoms with E-state index in [-0.39, 0.29) is 5.56 Å². The predicted octanol–water partition coefficient (Wildman–Crippen LogP) is 2.61. The first-order valence-electron chi connectivity index (χ1n) is 8.48. The SMILES string of the molecule is Cc1cc(-c2cc3nc4c(c(=O)n3[nH]2)CN(Cc2ccsc2)CC4)no1. The van der Waals surface area contributed by atoms with Gasteiger partial charge in [-0.1, -0.05) is 5.16 Å². The van der Waals surface area contributed by atoms with E-state index in [0.717, 1.165) is 42.2 Å². The van der Waals surface area contributed by atoms with Crippen LogP contribution in [0.3, 0.4) is 0 Å². The van der Waals surface area contributed by atoms with Crippen LogP contribution >= 0.6 is 11.3 Å². The normalized spacial score (nSPS) is 14.8. The Bertz CT molecular complexity index is 1140. The van der Waals surface area contributed by atoms with E-state index in [2.05, 4.69) is 32.0 Å². The second-order valence-corrected chi connectivity index (χ2v) is 7.40. The molecule has 1 aliphatic heterocycles. The summed E-state index contributed by atoms with van der Waals surface area (Å²) < 4.78 is 6.63. The van der Waals surface area contributed by atoms with Crippen molar-refractivity contribution in [2.45, 2.75) is 26.4 Å². The minimum Gasteiger partial charge on any atom is -0.361 e. The molecule has 8 heteroatoms. The second-order valence-electron chi connectivity index (χ2n) is 6.62. The van der Waals surface area contributed by atoms with Gasteiger partial charge in [0.05, 0.1) is 17.0 Å². The van der Waals surface area contributed by atoms with E-state index in [1.807, 2.05) is 19.1 Å².